The molecule has 0 unspecified atom stereocenters. The van der Waals surface area contributed by atoms with Crippen LogP contribution >= 0.6 is 0 Å². The van der Waals surface area contributed by atoms with E-state index in [0.717, 1.165) is 11.8 Å². The number of amidine groups is 2. The minimum absolute atomic E-state index is 0. The van der Waals surface area contributed by atoms with Crippen molar-refractivity contribution in [3.8, 4) is 0 Å². The molecule has 2 N–H and O–H groups in total. The first-order valence-corrected chi connectivity index (χ1v) is 9.03. The summed E-state index contributed by atoms with van der Waals surface area (Å²) in [5, 5.41) is 22.6. The van der Waals surface area contributed by atoms with Crippen LogP contribution in [0.15, 0.2) is 75.0 Å². The minimum Gasteiger partial charge on any atom is -0.741 e. The first-order chi connectivity index (χ1) is 13.6. The van der Waals surface area contributed by atoms with Crippen LogP contribution in [0.25, 0.3) is 0 Å². The van der Waals surface area contributed by atoms with Crippen LogP contribution in [0, 0.1) is 0 Å². The predicted molar refractivity (Wildman–Crippen MR) is 119 cm³/mol. The van der Waals surface area contributed by atoms with Crippen LogP contribution in [0.5, 0.6) is 0 Å². The molecule has 29 heavy (non-hydrogen) atoms. The fourth-order valence-corrected chi connectivity index (χ4v) is 2.17. The van der Waals surface area contributed by atoms with E-state index in [4.69, 9.17) is 25.3 Å². The molecule has 0 saturated carbocycles. The third-order valence-electron chi connectivity index (χ3n) is 3.50. The van der Waals surface area contributed by atoms with Gasteiger partial charge in [0.2, 0.25) is 0 Å². The van der Waals surface area contributed by atoms with Crippen LogP contribution in [-0.4, -0.2) is 42.1 Å². The van der Waals surface area contributed by atoms with Gasteiger partial charge in [0.25, 0.3) is 0 Å². The molecule has 0 fully saturated rings. The zero-order valence-electron chi connectivity index (χ0n) is 15.6. The Morgan fingerprint density at radius 2 is 1.21 bits per heavy atom. The number of benzene rings is 2. The van der Waals surface area contributed by atoms with Gasteiger partial charge in [-0.05, 0) is 10.3 Å². The molecular formula is C19H18CuN6OS2. The Morgan fingerprint density at radius 1 is 0.759 bits per heavy atom. The van der Waals surface area contributed by atoms with E-state index in [9.17, 15) is 4.79 Å². The third-order valence-corrected chi connectivity index (χ3v) is 4.07. The Labute approximate surface area is 191 Å². The van der Waals surface area contributed by atoms with E-state index < -0.39 is 0 Å². The summed E-state index contributed by atoms with van der Waals surface area (Å²) < 4.78 is 0. The second-order valence-corrected chi connectivity index (χ2v) is 6.09. The summed E-state index contributed by atoms with van der Waals surface area (Å²) in [6.45, 7) is 0. The maximum absolute atomic E-state index is 11.0. The molecule has 0 aliphatic heterocycles. The summed E-state index contributed by atoms with van der Waals surface area (Å²) >= 11 is 10.1. The zero-order chi connectivity index (χ0) is 20.4. The molecular weight excluding hydrogens is 456 g/mol. The van der Waals surface area contributed by atoms with E-state index in [1.807, 2.05) is 30.3 Å². The molecule has 0 heterocycles. The fourth-order valence-electron chi connectivity index (χ4n) is 2.09. The Balaban J connectivity index is 0.00000420. The van der Waals surface area contributed by atoms with E-state index >= 15 is 0 Å². The van der Waals surface area contributed by atoms with Crippen molar-refractivity contribution in [1.82, 2.24) is 10.6 Å². The van der Waals surface area contributed by atoms with Gasteiger partial charge in [0, 0.05) is 30.8 Å². The normalized spacial score (nSPS) is 12.8. The summed E-state index contributed by atoms with van der Waals surface area (Å²) in [7, 11) is 3.32. The molecule has 0 amide bonds. The molecule has 0 aliphatic rings. The number of hydrogen-bond acceptors (Lipinski definition) is 7. The molecule has 2 aromatic carbocycles. The van der Waals surface area contributed by atoms with Gasteiger partial charge in [0.05, 0.1) is 0 Å². The van der Waals surface area contributed by atoms with E-state index in [1.165, 1.54) is 0 Å². The summed E-state index contributed by atoms with van der Waals surface area (Å²) in [5.74, 6) is 0. The molecule has 0 bridgehead atoms. The van der Waals surface area contributed by atoms with Crippen LogP contribution in [0.1, 0.15) is 21.5 Å². The molecule has 2 rings (SSSR count). The maximum atomic E-state index is 11.0. The van der Waals surface area contributed by atoms with Crippen LogP contribution < -0.4 is 10.6 Å². The fraction of sp³-hybridized carbons (Fsp3) is 0.105. The smallest absolute Gasteiger partial charge is 0.741 e. The van der Waals surface area contributed by atoms with Gasteiger partial charge in [0.1, 0.15) is 17.7 Å². The van der Waals surface area contributed by atoms with E-state index in [2.05, 4.69) is 31.0 Å². The Bertz CT molecular complexity index is 927. The van der Waals surface area contributed by atoms with E-state index in [0.29, 0.717) is 22.6 Å². The van der Waals surface area contributed by atoms with Crippen molar-refractivity contribution in [2.45, 2.75) is 0 Å². The average molecular weight is 474 g/mol. The Hall–Kier alpha value is -2.65. The molecule has 0 aliphatic carbocycles. The maximum Gasteiger partial charge on any atom is 2.00 e. The number of carbonyl (C=O) groups is 1. The predicted octanol–water partition coefficient (Wildman–Crippen LogP) is 1.85. The van der Waals surface area contributed by atoms with Crippen molar-refractivity contribution in [2.75, 3.05) is 14.1 Å². The molecule has 1 radical (unpaired) electrons. The number of nitrogens with zero attached hydrogens (tertiary/aromatic N) is 4. The molecule has 10 heteroatoms. The number of nitrogens with one attached hydrogen (secondary N) is 2. The molecule has 0 saturated heterocycles. The molecule has 0 aromatic heterocycles. The molecule has 0 spiro atoms. The number of rotatable bonds is 6. The largest absolute Gasteiger partial charge is 2.00 e. The van der Waals surface area contributed by atoms with Gasteiger partial charge in [-0.3, -0.25) is 4.79 Å². The van der Waals surface area contributed by atoms with Crippen molar-refractivity contribution in [1.29, 1.82) is 0 Å². The van der Waals surface area contributed by atoms with Crippen molar-refractivity contribution in [3.05, 3.63) is 71.3 Å². The Kier molecular flexibility index (Phi) is 10.7. The quantitative estimate of drug-likeness (QED) is 0.167. The van der Waals surface area contributed by atoms with E-state index in [-0.39, 0.29) is 27.4 Å². The van der Waals surface area contributed by atoms with Gasteiger partial charge in [-0.25, -0.2) is 0 Å². The van der Waals surface area contributed by atoms with Gasteiger partial charge >= 0.3 is 17.1 Å². The van der Waals surface area contributed by atoms with Crippen LogP contribution in [0.4, 0.5) is 0 Å². The third kappa shape index (κ3) is 7.35. The minimum atomic E-state index is 0. The average Bonchev–Trinajstić information content (AvgIpc) is 2.76. The molecule has 2 aromatic rings. The first kappa shape index (κ1) is 24.4. The van der Waals surface area contributed by atoms with Gasteiger partial charge in [-0.1, -0.05) is 54.6 Å². The first-order valence-electron chi connectivity index (χ1n) is 8.21. The number of aldehydes is 1. The molecule has 7 nitrogen and oxygen atoms in total. The van der Waals surface area contributed by atoms with Crippen LogP contribution in [-0.2, 0) is 42.3 Å². The van der Waals surface area contributed by atoms with Crippen molar-refractivity contribution < 1.29 is 21.9 Å². The number of carbonyl (C=O) groups excluding carboxylic acids is 1. The van der Waals surface area contributed by atoms with Gasteiger partial charge in [0.15, 0.2) is 0 Å². The van der Waals surface area contributed by atoms with Crippen molar-refractivity contribution in [2.24, 2.45) is 20.4 Å². The summed E-state index contributed by atoms with van der Waals surface area (Å²) in [6, 6.07) is 16.3. The van der Waals surface area contributed by atoms with Crippen molar-refractivity contribution in [3.63, 3.8) is 0 Å². The van der Waals surface area contributed by atoms with Gasteiger partial charge in [-0.15, -0.1) is 10.2 Å². The standard InChI is InChI=1S/C19H20N6OS2.Cu/c1-20-18(27)24-22-16(14-6-4-3-5-7-14)17(23-25-19(28)21-2)15-10-8-13(12-26)9-11-15;/h3-12H,1-2H3,(H2,20,24,27)(H2,21,25,28);/q;+2/p-2/b22-16+,23-17+;. The second-order valence-electron chi connectivity index (χ2n) is 5.31. The topological polar surface area (TPSA) is 90.6 Å². The van der Waals surface area contributed by atoms with Gasteiger partial charge in [-0.2, -0.15) is 10.2 Å². The van der Waals surface area contributed by atoms with Crippen molar-refractivity contribution >= 4 is 53.3 Å². The molecule has 0 atom stereocenters. The second kappa shape index (κ2) is 12.7. The Morgan fingerprint density at radius 3 is 1.62 bits per heavy atom. The van der Waals surface area contributed by atoms with E-state index in [1.54, 1.807) is 38.4 Å². The summed E-state index contributed by atoms with van der Waals surface area (Å²) in [6.07, 6.45) is 0.772. The summed E-state index contributed by atoms with van der Waals surface area (Å²) in [5.41, 5.74) is 2.91. The number of hydrogen-bond donors (Lipinski definition) is 2. The zero-order valence-corrected chi connectivity index (χ0v) is 18.2. The molecule has 153 valence electrons. The van der Waals surface area contributed by atoms with Gasteiger partial charge < -0.3 is 35.9 Å². The summed E-state index contributed by atoms with van der Waals surface area (Å²) in [4.78, 5) is 11.0. The SMILES string of the molecule is CN/C([S-])=N/N=C(/C(=N/N=C(\[S-])NC)c1ccc(C=O)cc1)c1ccccc1.[Cu+2]. The monoisotopic (exact) mass is 473 g/mol. The van der Waals surface area contributed by atoms with Crippen LogP contribution in [0.3, 0.4) is 0 Å². The van der Waals surface area contributed by atoms with Crippen LogP contribution in [0.2, 0.25) is 0 Å².